The standard InChI is InChI=1S/C28H31N5O3/c1-4-5-6-25(34)33(26(18(2)3)28(35)36)17-19-7-8-24-16-23(14-13-22(24)15-19)20-9-11-21(12-10-20)27-29-31-32-30-27/h7-16,18,26H,4-6,17H2,1-3H3,(H,35,36)(H,29,30,31,32). The Kier molecular flexibility index (Phi) is 7.73. The number of hydrogen-bond donors (Lipinski definition) is 2. The van der Waals surface area contributed by atoms with Crippen molar-refractivity contribution in [3.05, 3.63) is 66.2 Å². The van der Waals surface area contributed by atoms with Crippen molar-refractivity contribution in [2.75, 3.05) is 0 Å². The van der Waals surface area contributed by atoms with Gasteiger partial charge in [-0.25, -0.2) is 4.79 Å². The highest BCUT2D eigenvalue weighted by Gasteiger charge is 2.32. The molecule has 0 saturated heterocycles. The summed E-state index contributed by atoms with van der Waals surface area (Å²) >= 11 is 0. The fraction of sp³-hybridized carbons (Fsp3) is 0.321. The molecule has 2 N–H and O–H groups in total. The van der Waals surface area contributed by atoms with E-state index in [1.165, 1.54) is 4.90 Å². The molecule has 0 aliphatic heterocycles. The summed E-state index contributed by atoms with van der Waals surface area (Å²) in [6.45, 7) is 5.98. The number of hydrogen-bond acceptors (Lipinski definition) is 5. The highest BCUT2D eigenvalue weighted by atomic mass is 16.4. The van der Waals surface area contributed by atoms with Crippen LogP contribution < -0.4 is 0 Å². The molecular weight excluding hydrogens is 454 g/mol. The Balaban J connectivity index is 1.58. The van der Waals surface area contributed by atoms with Crippen LogP contribution in [0.5, 0.6) is 0 Å². The number of tetrazole rings is 1. The summed E-state index contributed by atoms with van der Waals surface area (Å²) in [6.07, 6.45) is 1.99. The van der Waals surface area contributed by atoms with Crippen molar-refractivity contribution in [3.63, 3.8) is 0 Å². The number of aromatic amines is 1. The molecule has 36 heavy (non-hydrogen) atoms. The minimum atomic E-state index is -0.967. The van der Waals surface area contributed by atoms with Gasteiger partial charge in [-0.3, -0.25) is 4.79 Å². The molecule has 1 atom stereocenters. The molecule has 0 spiro atoms. The second kappa shape index (κ2) is 11.1. The van der Waals surface area contributed by atoms with Crippen molar-refractivity contribution < 1.29 is 14.7 Å². The van der Waals surface area contributed by atoms with E-state index in [2.05, 4.69) is 38.8 Å². The molecule has 0 aliphatic carbocycles. The van der Waals surface area contributed by atoms with Crippen molar-refractivity contribution >= 4 is 22.6 Å². The Bertz CT molecular complexity index is 1330. The van der Waals surface area contributed by atoms with Crippen LogP contribution in [0.25, 0.3) is 33.3 Å². The van der Waals surface area contributed by atoms with E-state index in [4.69, 9.17) is 0 Å². The first-order valence-corrected chi connectivity index (χ1v) is 12.3. The highest BCUT2D eigenvalue weighted by molar-refractivity contribution is 5.88. The van der Waals surface area contributed by atoms with E-state index in [1.54, 1.807) is 0 Å². The summed E-state index contributed by atoms with van der Waals surface area (Å²) in [7, 11) is 0. The van der Waals surface area contributed by atoms with E-state index in [-0.39, 0.29) is 18.4 Å². The molecular formula is C28H31N5O3. The Morgan fingerprint density at radius 2 is 1.61 bits per heavy atom. The SMILES string of the molecule is CCCCC(=O)N(Cc1ccc2cc(-c3ccc(-c4nn[nH]n4)cc3)ccc2c1)C(C(=O)O)C(C)C. The number of nitrogens with zero attached hydrogens (tertiary/aromatic N) is 4. The van der Waals surface area contributed by atoms with Crippen LogP contribution in [0, 0.1) is 5.92 Å². The first-order chi connectivity index (χ1) is 17.4. The molecule has 1 amide bonds. The first kappa shape index (κ1) is 25.0. The predicted octanol–water partition coefficient (Wildman–Crippen LogP) is 5.31. The van der Waals surface area contributed by atoms with E-state index in [9.17, 15) is 14.7 Å². The van der Waals surface area contributed by atoms with Gasteiger partial charge in [-0.2, -0.15) is 5.21 Å². The van der Waals surface area contributed by atoms with Crippen LogP contribution in [0.2, 0.25) is 0 Å². The summed E-state index contributed by atoms with van der Waals surface area (Å²) in [5, 5.41) is 26.0. The van der Waals surface area contributed by atoms with Crippen molar-refractivity contribution in [2.24, 2.45) is 5.92 Å². The molecule has 4 aromatic rings. The lowest BCUT2D eigenvalue weighted by Gasteiger charge is -2.32. The number of carbonyl (C=O) groups excluding carboxylic acids is 1. The van der Waals surface area contributed by atoms with E-state index >= 15 is 0 Å². The van der Waals surface area contributed by atoms with Crippen LogP contribution in [0.4, 0.5) is 0 Å². The molecule has 8 heteroatoms. The minimum absolute atomic E-state index is 0.113. The number of fused-ring (bicyclic) bond motifs is 1. The molecule has 186 valence electrons. The largest absolute Gasteiger partial charge is 0.480 e. The lowest BCUT2D eigenvalue weighted by molar-refractivity contribution is -0.153. The Hall–Kier alpha value is -4.07. The zero-order valence-corrected chi connectivity index (χ0v) is 20.8. The van der Waals surface area contributed by atoms with Gasteiger partial charge in [0, 0.05) is 18.5 Å². The molecule has 0 aliphatic rings. The fourth-order valence-corrected chi connectivity index (χ4v) is 4.46. The van der Waals surface area contributed by atoms with Gasteiger partial charge >= 0.3 is 5.97 Å². The first-order valence-electron chi connectivity index (χ1n) is 12.3. The van der Waals surface area contributed by atoms with Gasteiger partial charge in [0.2, 0.25) is 11.7 Å². The maximum absolute atomic E-state index is 13.0. The van der Waals surface area contributed by atoms with Gasteiger partial charge < -0.3 is 10.0 Å². The number of carbonyl (C=O) groups is 2. The summed E-state index contributed by atoms with van der Waals surface area (Å²) < 4.78 is 0. The average Bonchev–Trinajstić information content (AvgIpc) is 3.41. The van der Waals surface area contributed by atoms with Crippen molar-refractivity contribution in [1.82, 2.24) is 25.5 Å². The lowest BCUT2D eigenvalue weighted by atomic mass is 9.98. The maximum Gasteiger partial charge on any atom is 0.326 e. The Labute approximate surface area is 210 Å². The number of nitrogens with one attached hydrogen (secondary N) is 1. The molecule has 3 aromatic carbocycles. The van der Waals surface area contributed by atoms with Crippen molar-refractivity contribution in [2.45, 2.75) is 52.6 Å². The van der Waals surface area contributed by atoms with Gasteiger partial charge in [-0.15, -0.1) is 10.2 Å². The number of rotatable bonds is 10. The van der Waals surface area contributed by atoms with Gasteiger partial charge in [0.1, 0.15) is 6.04 Å². The quantitative estimate of drug-likeness (QED) is 0.315. The molecule has 1 aromatic heterocycles. The molecule has 0 bridgehead atoms. The van der Waals surface area contributed by atoms with Crippen molar-refractivity contribution in [1.29, 1.82) is 0 Å². The number of carboxylic acid groups (broad SMARTS) is 1. The van der Waals surface area contributed by atoms with Crippen LogP contribution in [0.1, 0.15) is 45.6 Å². The number of amides is 1. The molecule has 0 fully saturated rings. The molecule has 0 radical (unpaired) electrons. The fourth-order valence-electron chi connectivity index (χ4n) is 4.46. The number of carboxylic acids is 1. The highest BCUT2D eigenvalue weighted by Crippen LogP contribution is 2.28. The topological polar surface area (TPSA) is 112 Å². The predicted molar refractivity (Wildman–Crippen MR) is 139 cm³/mol. The van der Waals surface area contributed by atoms with Crippen LogP contribution in [-0.4, -0.2) is 48.5 Å². The number of H-pyrrole nitrogens is 1. The second-order valence-electron chi connectivity index (χ2n) is 9.36. The number of unbranched alkanes of at least 4 members (excludes halogenated alkanes) is 1. The Morgan fingerprint density at radius 1 is 0.944 bits per heavy atom. The number of benzene rings is 3. The normalized spacial score (nSPS) is 12.1. The van der Waals surface area contributed by atoms with Crippen LogP contribution in [0.3, 0.4) is 0 Å². The summed E-state index contributed by atoms with van der Waals surface area (Å²) in [5.41, 5.74) is 3.95. The smallest absolute Gasteiger partial charge is 0.326 e. The van der Waals surface area contributed by atoms with Crippen LogP contribution in [-0.2, 0) is 16.1 Å². The average molecular weight is 486 g/mol. The van der Waals surface area contributed by atoms with Crippen LogP contribution >= 0.6 is 0 Å². The monoisotopic (exact) mass is 485 g/mol. The zero-order chi connectivity index (χ0) is 25.7. The van der Waals surface area contributed by atoms with Crippen LogP contribution in [0.15, 0.2) is 60.7 Å². The zero-order valence-electron chi connectivity index (χ0n) is 20.8. The third-order valence-electron chi connectivity index (χ3n) is 6.36. The Morgan fingerprint density at radius 3 is 2.25 bits per heavy atom. The maximum atomic E-state index is 13.0. The van der Waals surface area contributed by atoms with Gasteiger partial charge in [-0.1, -0.05) is 75.7 Å². The minimum Gasteiger partial charge on any atom is -0.480 e. The molecule has 1 heterocycles. The molecule has 8 nitrogen and oxygen atoms in total. The third kappa shape index (κ3) is 5.59. The third-order valence-corrected chi connectivity index (χ3v) is 6.36. The lowest BCUT2D eigenvalue weighted by Crippen LogP contribution is -2.47. The van der Waals surface area contributed by atoms with E-state index < -0.39 is 12.0 Å². The summed E-state index contributed by atoms with van der Waals surface area (Å²) in [6, 6.07) is 19.4. The van der Waals surface area contributed by atoms with E-state index in [0.29, 0.717) is 12.2 Å². The second-order valence-corrected chi connectivity index (χ2v) is 9.36. The van der Waals surface area contributed by atoms with Gasteiger partial charge in [0.25, 0.3) is 0 Å². The van der Waals surface area contributed by atoms with Gasteiger partial charge in [0.05, 0.1) is 0 Å². The molecule has 4 rings (SSSR count). The van der Waals surface area contributed by atoms with E-state index in [0.717, 1.165) is 45.9 Å². The number of aromatic nitrogens is 4. The summed E-state index contributed by atoms with van der Waals surface area (Å²) in [4.78, 5) is 26.5. The van der Waals surface area contributed by atoms with Gasteiger partial charge in [0.15, 0.2) is 0 Å². The van der Waals surface area contributed by atoms with Gasteiger partial charge in [-0.05, 0) is 57.1 Å². The summed E-state index contributed by atoms with van der Waals surface area (Å²) in [5.74, 6) is -0.719. The molecule has 0 saturated carbocycles. The van der Waals surface area contributed by atoms with Crippen molar-refractivity contribution in [3.8, 4) is 22.5 Å². The molecule has 1 unspecified atom stereocenters. The van der Waals surface area contributed by atoms with E-state index in [1.807, 2.05) is 63.2 Å². The number of aliphatic carboxylic acids is 1.